The van der Waals surface area contributed by atoms with E-state index in [2.05, 4.69) is 4.90 Å². The van der Waals surface area contributed by atoms with E-state index in [1.807, 2.05) is 0 Å². The molecule has 6 heterocycles. The van der Waals surface area contributed by atoms with E-state index in [1.54, 1.807) is 7.11 Å². The van der Waals surface area contributed by atoms with Crippen LogP contribution in [0.3, 0.4) is 0 Å². The highest BCUT2D eigenvalue weighted by atomic mass is 31.1. The Hall–Kier alpha value is 0.544. The van der Waals surface area contributed by atoms with Gasteiger partial charge >= 0.3 is 17.6 Å². The molecule has 0 N–H and O–H groups in total. The molecule has 6 aliphatic rings. The molecule has 0 aromatic carbocycles. The summed E-state index contributed by atoms with van der Waals surface area (Å²) in [6, 6.07) is 1.89. The molecule has 1 atom stereocenters. The van der Waals surface area contributed by atoms with Crippen LogP contribution in [0, 0.1) is 5.92 Å². The van der Waals surface area contributed by atoms with Gasteiger partial charge in [-0.2, -0.15) is 0 Å². The maximum atomic E-state index is 6.26. The average molecular weight is 522 g/mol. The van der Waals surface area contributed by atoms with Crippen LogP contribution in [0.2, 0.25) is 12.1 Å². The topological polar surface area (TPSA) is 67.9 Å². The van der Waals surface area contributed by atoms with E-state index in [0.29, 0.717) is 5.92 Å². The SMILES string of the molecule is COCCP(CCC[Si]12OCCC(CCO1)CCO2)CCC[Si]12OCCN(CCO1)CCO2. The van der Waals surface area contributed by atoms with Crippen molar-refractivity contribution >= 4 is 25.5 Å². The third-order valence-corrected chi connectivity index (χ3v) is 15.8. The van der Waals surface area contributed by atoms with E-state index in [1.165, 1.54) is 12.3 Å². The summed E-state index contributed by atoms with van der Waals surface area (Å²) in [6.45, 7) is 8.45. The molecule has 0 amide bonds. The normalized spacial score (nSPS) is 36.3. The first-order valence-corrected chi connectivity index (χ1v) is 18.7. The molecule has 6 rings (SSSR count). The minimum atomic E-state index is -2.51. The van der Waals surface area contributed by atoms with Crippen molar-refractivity contribution in [2.45, 2.75) is 44.2 Å². The van der Waals surface area contributed by atoms with E-state index >= 15 is 0 Å². The van der Waals surface area contributed by atoms with Crippen molar-refractivity contribution in [2.24, 2.45) is 5.92 Å². The molecule has 0 radical (unpaired) electrons. The zero-order valence-electron chi connectivity index (χ0n) is 20.5. The number of ether oxygens (including phenoxy) is 1. The zero-order chi connectivity index (χ0) is 22.8. The lowest BCUT2D eigenvalue weighted by Crippen LogP contribution is -2.55. The Bertz CT molecular complexity index is 482. The molecular weight excluding hydrogens is 477 g/mol. The van der Waals surface area contributed by atoms with Gasteiger partial charge in [-0.3, -0.25) is 4.90 Å². The monoisotopic (exact) mass is 521 g/mol. The predicted molar refractivity (Wildman–Crippen MR) is 133 cm³/mol. The fraction of sp³-hybridized carbons (Fsp3) is 1.00. The summed E-state index contributed by atoms with van der Waals surface area (Å²) in [6.07, 6.45) is 9.31. The summed E-state index contributed by atoms with van der Waals surface area (Å²) in [4.78, 5) is 2.37. The number of nitrogens with zero attached hydrogens (tertiary/aromatic N) is 1. The Kier molecular flexibility index (Phi) is 11.1. The van der Waals surface area contributed by atoms with Crippen molar-refractivity contribution in [3.05, 3.63) is 0 Å². The highest BCUT2D eigenvalue weighted by Gasteiger charge is 2.45. The molecule has 0 saturated carbocycles. The van der Waals surface area contributed by atoms with E-state index in [4.69, 9.17) is 31.3 Å². The van der Waals surface area contributed by atoms with Crippen LogP contribution in [0.1, 0.15) is 32.1 Å². The quantitative estimate of drug-likeness (QED) is 0.304. The van der Waals surface area contributed by atoms with Crippen molar-refractivity contribution in [3.8, 4) is 0 Å². The molecular formula is C22H44NO7PSi2. The van der Waals surface area contributed by atoms with Crippen LogP contribution in [0.5, 0.6) is 0 Å². The molecule has 11 heteroatoms. The van der Waals surface area contributed by atoms with Crippen LogP contribution < -0.4 is 0 Å². The van der Waals surface area contributed by atoms with Gasteiger partial charge in [0, 0.05) is 58.7 Å². The van der Waals surface area contributed by atoms with Crippen LogP contribution in [0.25, 0.3) is 0 Å². The second-order valence-electron chi connectivity index (χ2n) is 9.57. The Morgan fingerprint density at radius 2 is 1.15 bits per heavy atom. The summed E-state index contributed by atoms with van der Waals surface area (Å²) >= 11 is 0. The highest BCUT2D eigenvalue weighted by molar-refractivity contribution is 7.57. The fourth-order valence-electron chi connectivity index (χ4n) is 5.18. The summed E-state index contributed by atoms with van der Waals surface area (Å²) < 4.78 is 42.9. The number of rotatable bonds is 11. The molecule has 8 nitrogen and oxygen atoms in total. The van der Waals surface area contributed by atoms with Gasteiger partial charge in [0.2, 0.25) is 0 Å². The number of hydrogen-bond acceptors (Lipinski definition) is 8. The Labute approximate surface area is 203 Å². The van der Waals surface area contributed by atoms with E-state index in [-0.39, 0.29) is 7.92 Å². The second-order valence-corrected chi connectivity index (χ2v) is 17.7. The third kappa shape index (κ3) is 8.28. The lowest BCUT2D eigenvalue weighted by Gasteiger charge is -2.38. The molecule has 6 aliphatic heterocycles. The zero-order valence-corrected chi connectivity index (χ0v) is 23.4. The van der Waals surface area contributed by atoms with Crippen molar-refractivity contribution in [2.75, 3.05) is 91.5 Å². The summed E-state index contributed by atoms with van der Waals surface area (Å²) in [5, 5.41) is 0. The van der Waals surface area contributed by atoms with Gasteiger partial charge in [0.05, 0.1) is 26.4 Å². The van der Waals surface area contributed by atoms with Gasteiger partial charge in [0.1, 0.15) is 0 Å². The van der Waals surface area contributed by atoms with Crippen molar-refractivity contribution in [3.63, 3.8) is 0 Å². The lowest BCUT2D eigenvalue weighted by atomic mass is 9.99. The molecule has 33 heavy (non-hydrogen) atoms. The van der Waals surface area contributed by atoms with Gasteiger partial charge in [-0.1, -0.05) is 0 Å². The minimum Gasteiger partial charge on any atom is -0.384 e. The molecule has 192 valence electrons. The van der Waals surface area contributed by atoms with Crippen LogP contribution in [0.4, 0.5) is 0 Å². The third-order valence-electron chi connectivity index (χ3n) is 7.26. The molecule has 0 spiro atoms. The summed E-state index contributed by atoms with van der Waals surface area (Å²) in [5.41, 5.74) is 0. The van der Waals surface area contributed by atoms with Crippen LogP contribution in [-0.4, -0.2) is 114 Å². The van der Waals surface area contributed by atoms with Crippen molar-refractivity contribution in [1.82, 2.24) is 4.90 Å². The highest BCUT2D eigenvalue weighted by Crippen LogP contribution is 2.40. The molecule has 6 fully saturated rings. The molecule has 6 saturated heterocycles. The first-order chi connectivity index (χ1) is 16.2. The fourth-order valence-corrected chi connectivity index (χ4v) is 13.2. The Morgan fingerprint density at radius 1 is 0.697 bits per heavy atom. The van der Waals surface area contributed by atoms with Gasteiger partial charge < -0.3 is 31.3 Å². The molecule has 0 aromatic rings. The predicted octanol–water partition coefficient (Wildman–Crippen LogP) is 3.02. The van der Waals surface area contributed by atoms with Crippen LogP contribution in [0.15, 0.2) is 0 Å². The second kappa shape index (κ2) is 13.7. The van der Waals surface area contributed by atoms with Gasteiger partial charge in [-0.05, 0) is 56.5 Å². The first-order valence-electron chi connectivity index (χ1n) is 13.0. The number of hydrogen-bond donors (Lipinski definition) is 0. The lowest BCUT2D eigenvalue weighted by molar-refractivity contribution is -0.00830. The molecule has 4 bridgehead atoms. The minimum absolute atomic E-state index is 0.110. The Morgan fingerprint density at radius 3 is 1.61 bits per heavy atom. The van der Waals surface area contributed by atoms with E-state index < -0.39 is 17.6 Å². The van der Waals surface area contributed by atoms with Gasteiger partial charge in [0.25, 0.3) is 0 Å². The largest absolute Gasteiger partial charge is 0.501 e. The van der Waals surface area contributed by atoms with Crippen LogP contribution >= 0.6 is 7.92 Å². The summed E-state index contributed by atoms with van der Waals surface area (Å²) in [7, 11) is -3.31. The van der Waals surface area contributed by atoms with Crippen molar-refractivity contribution in [1.29, 1.82) is 0 Å². The molecule has 0 aromatic heterocycles. The van der Waals surface area contributed by atoms with Gasteiger partial charge in [-0.15, -0.1) is 7.92 Å². The van der Waals surface area contributed by atoms with Gasteiger partial charge in [-0.25, -0.2) is 0 Å². The average Bonchev–Trinajstić information content (AvgIpc) is 2.72. The number of fused-ring (bicyclic) bond motifs is 12. The maximum Gasteiger partial charge on any atom is 0.501 e. The smallest absolute Gasteiger partial charge is 0.384 e. The van der Waals surface area contributed by atoms with Crippen LogP contribution in [-0.2, 0) is 31.3 Å². The van der Waals surface area contributed by atoms with Crippen molar-refractivity contribution < 1.29 is 31.3 Å². The summed E-state index contributed by atoms with van der Waals surface area (Å²) in [5.74, 6) is 0.703. The maximum absolute atomic E-state index is 6.26. The molecule has 1 unspecified atom stereocenters. The van der Waals surface area contributed by atoms with E-state index in [0.717, 1.165) is 116 Å². The Balaban J connectivity index is 1.24. The number of methoxy groups -OCH3 is 1. The standard InChI is InChI=1S/C22H44NO7PSi2/c1-24-16-19-31(17-2-20-32-25-10-4-22(5-11-26-32)6-12-27-32)18-3-21-33-28-13-7-23(8-14-29-33)9-15-30-33/h22H,2-21H2,1H3. The van der Waals surface area contributed by atoms with E-state index in [9.17, 15) is 0 Å². The first kappa shape index (κ1) is 26.6. The molecule has 0 aliphatic carbocycles. The van der Waals surface area contributed by atoms with Gasteiger partial charge in [0.15, 0.2) is 0 Å².